The summed E-state index contributed by atoms with van der Waals surface area (Å²) in [5, 5.41) is 10.0. The van der Waals surface area contributed by atoms with Gasteiger partial charge >= 0.3 is 5.63 Å². The van der Waals surface area contributed by atoms with E-state index in [-0.39, 0.29) is 11.7 Å². The lowest BCUT2D eigenvalue weighted by atomic mass is 9.97. The fraction of sp³-hybridized carbons (Fsp3) is 0.440. The zero-order valence-electron chi connectivity index (χ0n) is 18.1. The minimum Gasteiger partial charge on any atom is -0.477 e. The topological polar surface area (TPSA) is 72.6 Å². The van der Waals surface area contributed by atoms with Crippen molar-refractivity contribution in [1.29, 1.82) is 0 Å². The predicted molar refractivity (Wildman–Crippen MR) is 120 cm³/mol. The molecule has 30 heavy (non-hydrogen) atoms. The number of nitrogens with zero attached hydrogens (tertiary/aromatic N) is 1. The maximum Gasteiger partial charge on any atom is 0.344 e. The van der Waals surface area contributed by atoms with Gasteiger partial charge in [-0.05, 0) is 50.3 Å². The molecule has 1 unspecified atom stereocenters. The van der Waals surface area contributed by atoms with Gasteiger partial charge in [0.1, 0.15) is 5.58 Å². The Balaban J connectivity index is 1.80. The Hall–Kier alpha value is -2.66. The molecule has 2 aromatic heterocycles. The minimum atomic E-state index is -0.349. The van der Waals surface area contributed by atoms with Gasteiger partial charge in [0, 0.05) is 12.3 Å². The SMILES string of the molecule is CCc1ccc(C)cc1-c1cc2c(OCCCCCCC(C)O)nccc2oc1=O. The van der Waals surface area contributed by atoms with E-state index in [1.165, 1.54) is 0 Å². The van der Waals surface area contributed by atoms with Crippen molar-refractivity contribution in [3.05, 3.63) is 58.1 Å². The van der Waals surface area contributed by atoms with Gasteiger partial charge in [0.25, 0.3) is 0 Å². The third kappa shape index (κ3) is 5.48. The Kier molecular flexibility index (Phi) is 7.63. The first-order chi connectivity index (χ1) is 14.5. The highest BCUT2D eigenvalue weighted by atomic mass is 16.5. The number of aliphatic hydroxyl groups excluding tert-OH is 1. The van der Waals surface area contributed by atoms with E-state index >= 15 is 0 Å². The molecule has 0 saturated heterocycles. The average Bonchev–Trinajstić information content (AvgIpc) is 2.72. The fourth-order valence-electron chi connectivity index (χ4n) is 3.63. The number of fused-ring (bicyclic) bond motifs is 1. The van der Waals surface area contributed by atoms with Crippen molar-refractivity contribution in [3.63, 3.8) is 0 Å². The number of aromatic nitrogens is 1. The Morgan fingerprint density at radius 1 is 1.10 bits per heavy atom. The lowest BCUT2D eigenvalue weighted by Gasteiger charge is -2.11. The predicted octanol–water partition coefficient (Wildman–Crippen LogP) is 5.44. The van der Waals surface area contributed by atoms with Crippen molar-refractivity contribution in [2.24, 2.45) is 0 Å². The first-order valence-corrected chi connectivity index (χ1v) is 10.8. The van der Waals surface area contributed by atoms with Gasteiger partial charge in [-0.15, -0.1) is 0 Å². The van der Waals surface area contributed by atoms with Gasteiger partial charge in [0.15, 0.2) is 0 Å². The molecule has 0 aliphatic rings. The van der Waals surface area contributed by atoms with Crippen LogP contribution in [0.1, 0.15) is 57.1 Å². The van der Waals surface area contributed by atoms with E-state index in [1.807, 2.05) is 26.0 Å². The fourth-order valence-corrected chi connectivity index (χ4v) is 3.63. The Morgan fingerprint density at radius 3 is 2.67 bits per heavy atom. The van der Waals surface area contributed by atoms with Crippen LogP contribution in [0.2, 0.25) is 0 Å². The second-order valence-corrected chi connectivity index (χ2v) is 7.89. The second-order valence-electron chi connectivity index (χ2n) is 7.89. The van der Waals surface area contributed by atoms with Crippen molar-refractivity contribution in [1.82, 2.24) is 4.98 Å². The highest BCUT2D eigenvalue weighted by molar-refractivity contribution is 5.86. The lowest BCUT2D eigenvalue weighted by molar-refractivity contribution is 0.180. The average molecular weight is 410 g/mol. The molecule has 5 nitrogen and oxygen atoms in total. The zero-order chi connectivity index (χ0) is 21.5. The monoisotopic (exact) mass is 409 g/mol. The van der Waals surface area contributed by atoms with E-state index in [0.717, 1.165) is 55.2 Å². The number of benzene rings is 1. The molecule has 0 bridgehead atoms. The van der Waals surface area contributed by atoms with E-state index in [4.69, 9.17) is 9.15 Å². The van der Waals surface area contributed by atoms with E-state index in [0.29, 0.717) is 29.0 Å². The number of aliphatic hydroxyl groups is 1. The maximum absolute atomic E-state index is 12.7. The lowest BCUT2D eigenvalue weighted by Crippen LogP contribution is -2.06. The molecular formula is C25H31NO4. The molecule has 0 amide bonds. The van der Waals surface area contributed by atoms with Crippen molar-refractivity contribution in [2.45, 2.75) is 65.4 Å². The van der Waals surface area contributed by atoms with E-state index in [1.54, 1.807) is 12.3 Å². The van der Waals surface area contributed by atoms with Crippen molar-refractivity contribution >= 4 is 11.0 Å². The molecule has 1 N–H and O–H groups in total. The van der Waals surface area contributed by atoms with Crippen LogP contribution in [0.25, 0.3) is 22.1 Å². The zero-order valence-corrected chi connectivity index (χ0v) is 18.1. The Morgan fingerprint density at radius 2 is 1.90 bits per heavy atom. The molecule has 0 spiro atoms. The number of hydrogen-bond donors (Lipinski definition) is 1. The van der Waals surface area contributed by atoms with Gasteiger partial charge < -0.3 is 14.3 Å². The van der Waals surface area contributed by atoms with Gasteiger partial charge in [-0.3, -0.25) is 0 Å². The minimum absolute atomic E-state index is 0.230. The first kappa shape index (κ1) is 22.0. The molecular weight excluding hydrogens is 378 g/mol. The first-order valence-electron chi connectivity index (χ1n) is 10.8. The molecule has 2 heterocycles. The molecule has 1 atom stereocenters. The largest absolute Gasteiger partial charge is 0.477 e. The van der Waals surface area contributed by atoms with Gasteiger partial charge in [0.2, 0.25) is 5.88 Å². The molecule has 1 aromatic carbocycles. The second kappa shape index (κ2) is 10.4. The van der Waals surface area contributed by atoms with Crippen LogP contribution in [-0.4, -0.2) is 22.8 Å². The molecule has 160 valence electrons. The summed E-state index contributed by atoms with van der Waals surface area (Å²) in [6.07, 6.45) is 7.10. The van der Waals surface area contributed by atoms with Crippen LogP contribution in [0.15, 0.2) is 45.7 Å². The van der Waals surface area contributed by atoms with Crippen molar-refractivity contribution in [2.75, 3.05) is 6.61 Å². The smallest absolute Gasteiger partial charge is 0.344 e. The number of aryl methyl sites for hydroxylation is 2. The van der Waals surface area contributed by atoms with Gasteiger partial charge in [-0.25, -0.2) is 9.78 Å². The summed E-state index contributed by atoms with van der Waals surface area (Å²) in [4.78, 5) is 17.1. The maximum atomic E-state index is 12.7. The molecule has 0 saturated carbocycles. The van der Waals surface area contributed by atoms with Crippen LogP contribution in [0.3, 0.4) is 0 Å². The third-order valence-corrected chi connectivity index (χ3v) is 5.32. The van der Waals surface area contributed by atoms with E-state index < -0.39 is 0 Å². The molecule has 0 aliphatic carbocycles. The van der Waals surface area contributed by atoms with Crippen molar-refractivity contribution in [3.8, 4) is 17.0 Å². The molecule has 0 aliphatic heterocycles. The Bertz CT molecular complexity index is 1040. The van der Waals surface area contributed by atoms with Crippen molar-refractivity contribution < 1.29 is 14.3 Å². The normalized spacial score (nSPS) is 12.3. The van der Waals surface area contributed by atoms with Crippen LogP contribution >= 0.6 is 0 Å². The van der Waals surface area contributed by atoms with Gasteiger partial charge in [-0.1, -0.05) is 49.9 Å². The highest BCUT2D eigenvalue weighted by Gasteiger charge is 2.14. The molecule has 3 aromatic rings. The van der Waals surface area contributed by atoms with Crippen LogP contribution < -0.4 is 10.4 Å². The number of ether oxygens (including phenoxy) is 1. The van der Waals surface area contributed by atoms with Crippen LogP contribution in [0.4, 0.5) is 0 Å². The molecule has 3 rings (SSSR count). The van der Waals surface area contributed by atoms with Crippen LogP contribution in [-0.2, 0) is 6.42 Å². The summed E-state index contributed by atoms with van der Waals surface area (Å²) < 4.78 is 11.5. The summed E-state index contributed by atoms with van der Waals surface area (Å²) in [5.41, 5.74) is 3.78. The number of hydrogen-bond acceptors (Lipinski definition) is 5. The summed E-state index contributed by atoms with van der Waals surface area (Å²) >= 11 is 0. The number of unbranched alkanes of at least 4 members (excludes halogenated alkanes) is 3. The molecule has 0 radical (unpaired) electrons. The van der Waals surface area contributed by atoms with E-state index in [9.17, 15) is 9.90 Å². The molecule has 0 fully saturated rings. The number of rotatable bonds is 10. The standard InChI is InChI=1S/C25H31NO4/c1-4-19-11-10-17(2)15-20(19)21-16-22-23(30-25(21)28)12-13-26-24(22)29-14-8-6-5-7-9-18(3)27/h10-13,15-16,18,27H,4-9,14H2,1-3H3. The summed E-state index contributed by atoms with van der Waals surface area (Å²) in [7, 11) is 0. The summed E-state index contributed by atoms with van der Waals surface area (Å²) in [5.74, 6) is 0.493. The highest BCUT2D eigenvalue weighted by Crippen LogP contribution is 2.29. The summed E-state index contributed by atoms with van der Waals surface area (Å²) in [6.45, 7) is 6.47. The molecule has 5 heteroatoms. The summed E-state index contributed by atoms with van der Waals surface area (Å²) in [6, 6.07) is 9.69. The van der Waals surface area contributed by atoms with E-state index in [2.05, 4.69) is 24.0 Å². The van der Waals surface area contributed by atoms with Crippen LogP contribution in [0.5, 0.6) is 5.88 Å². The number of pyridine rings is 1. The van der Waals surface area contributed by atoms with Crippen LogP contribution in [0, 0.1) is 6.92 Å². The van der Waals surface area contributed by atoms with Gasteiger partial charge in [-0.2, -0.15) is 0 Å². The third-order valence-electron chi connectivity index (χ3n) is 5.32. The van der Waals surface area contributed by atoms with Gasteiger partial charge in [0.05, 0.1) is 23.7 Å². The quantitative estimate of drug-likeness (QED) is 0.452. The Labute approximate surface area is 177 Å².